The summed E-state index contributed by atoms with van der Waals surface area (Å²) in [4.78, 5) is 33.0. The van der Waals surface area contributed by atoms with E-state index in [2.05, 4.69) is 19.1 Å². The van der Waals surface area contributed by atoms with Crippen LogP contribution in [0.3, 0.4) is 0 Å². The molecule has 0 rings (SSSR count). The molecule has 33 heavy (non-hydrogen) atoms. The summed E-state index contributed by atoms with van der Waals surface area (Å²) in [6.45, 7) is 4.99. The van der Waals surface area contributed by atoms with E-state index in [-0.39, 0.29) is 19.3 Å². The molecule has 0 aliphatic carbocycles. The molecule has 0 aromatic heterocycles. The Morgan fingerprint density at radius 2 is 0.909 bits per heavy atom. The lowest BCUT2D eigenvalue weighted by Gasteiger charge is -2.39. The van der Waals surface area contributed by atoms with Crippen LogP contribution in [0.15, 0.2) is 12.2 Å². The molecular formula is C26H48NO6+. The van der Waals surface area contributed by atoms with Crippen molar-refractivity contribution in [1.29, 1.82) is 0 Å². The molecule has 192 valence electrons. The van der Waals surface area contributed by atoms with E-state index in [9.17, 15) is 14.4 Å². The smallest absolute Gasteiger partial charge is 0.303 e. The molecule has 0 saturated carbocycles. The second-order valence-corrected chi connectivity index (χ2v) is 9.25. The molecule has 7 heteroatoms. The van der Waals surface area contributed by atoms with Gasteiger partial charge in [-0.1, -0.05) is 57.6 Å². The number of unbranched alkanes of at least 4 members (excludes halogenated alkanes) is 8. The number of quaternary nitrogens is 1. The minimum atomic E-state index is -0.836. The molecule has 0 aliphatic heterocycles. The van der Waals surface area contributed by atoms with E-state index in [0.29, 0.717) is 43.4 Å². The van der Waals surface area contributed by atoms with Crippen LogP contribution in [0.25, 0.3) is 0 Å². The maximum atomic E-state index is 11.0. The Morgan fingerprint density at radius 1 is 0.545 bits per heavy atom. The third-order valence-electron chi connectivity index (χ3n) is 6.21. The van der Waals surface area contributed by atoms with Gasteiger partial charge in [0.15, 0.2) is 0 Å². The number of aliphatic carboxylic acids is 3. The largest absolute Gasteiger partial charge is 0.481 e. The number of nitrogens with zero attached hydrogens (tertiary/aromatic N) is 1. The van der Waals surface area contributed by atoms with Crippen molar-refractivity contribution in [3.8, 4) is 0 Å². The van der Waals surface area contributed by atoms with Crippen LogP contribution in [-0.4, -0.2) is 63.9 Å². The fraction of sp³-hybridized carbons (Fsp3) is 0.808. The fourth-order valence-electron chi connectivity index (χ4n) is 4.37. The lowest BCUT2D eigenvalue weighted by molar-refractivity contribution is -0.928. The first-order valence-electron chi connectivity index (χ1n) is 13.0. The molecule has 0 bridgehead atoms. The van der Waals surface area contributed by atoms with E-state index in [1.54, 1.807) is 0 Å². The normalized spacial score (nSPS) is 11.8. The monoisotopic (exact) mass is 470 g/mol. The van der Waals surface area contributed by atoms with Gasteiger partial charge in [-0.25, -0.2) is 0 Å². The third-order valence-corrected chi connectivity index (χ3v) is 6.21. The van der Waals surface area contributed by atoms with Crippen LogP contribution >= 0.6 is 0 Å². The van der Waals surface area contributed by atoms with Crippen LogP contribution < -0.4 is 0 Å². The molecule has 3 N–H and O–H groups in total. The highest BCUT2D eigenvalue weighted by Gasteiger charge is 2.27. The molecule has 0 aromatic carbocycles. The van der Waals surface area contributed by atoms with Crippen molar-refractivity contribution < 1.29 is 34.2 Å². The molecule has 0 radical (unpaired) electrons. The van der Waals surface area contributed by atoms with Crippen molar-refractivity contribution in [2.24, 2.45) is 0 Å². The fourth-order valence-corrected chi connectivity index (χ4v) is 4.37. The van der Waals surface area contributed by atoms with Crippen LogP contribution in [0.1, 0.15) is 110 Å². The van der Waals surface area contributed by atoms with Crippen molar-refractivity contribution in [3.05, 3.63) is 12.2 Å². The van der Waals surface area contributed by atoms with E-state index >= 15 is 0 Å². The van der Waals surface area contributed by atoms with Gasteiger partial charge in [0.25, 0.3) is 0 Å². The Morgan fingerprint density at radius 3 is 1.33 bits per heavy atom. The van der Waals surface area contributed by atoms with Gasteiger partial charge < -0.3 is 19.8 Å². The van der Waals surface area contributed by atoms with Crippen LogP contribution in [0.5, 0.6) is 0 Å². The standard InChI is InChI=1S/C26H47NO6/c1-2-3-4-5-6-7-8-9-10-11-12-13-20-27(21-14-17-24(28)29,22-15-18-25(30)31)23-16-19-26(32)33/h10-11H,2-9,12-23H2,1H3,(H2-,28,29,30,31,32,33)/p+1/b11-10+. The number of hydrogen-bond acceptors (Lipinski definition) is 3. The predicted octanol–water partition coefficient (Wildman–Crippen LogP) is 5.87. The van der Waals surface area contributed by atoms with Crippen molar-refractivity contribution >= 4 is 17.9 Å². The zero-order valence-electron chi connectivity index (χ0n) is 20.8. The molecular weight excluding hydrogens is 422 g/mol. The first-order chi connectivity index (χ1) is 15.8. The molecule has 0 aliphatic rings. The number of rotatable bonds is 24. The van der Waals surface area contributed by atoms with E-state index in [1.165, 1.54) is 44.9 Å². The van der Waals surface area contributed by atoms with E-state index in [1.807, 2.05) is 0 Å². The zero-order valence-corrected chi connectivity index (χ0v) is 20.8. The van der Waals surface area contributed by atoms with Gasteiger partial charge in [-0.2, -0.15) is 0 Å². The van der Waals surface area contributed by atoms with Gasteiger partial charge in [0.05, 0.1) is 45.4 Å². The quantitative estimate of drug-likeness (QED) is 0.0923. The Hall–Kier alpha value is -1.89. The van der Waals surface area contributed by atoms with E-state index in [0.717, 1.165) is 25.8 Å². The van der Waals surface area contributed by atoms with Crippen LogP contribution in [0, 0.1) is 0 Å². The molecule has 0 spiro atoms. The SMILES string of the molecule is CCCCCCCCC/C=C/CCC[N+](CCCC(=O)O)(CCCC(=O)O)CCCC(=O)O. The molecule has 7 nitrogen and oxygen atoms in total. The maximum Gasteiger partial charge on any atom is 0.303 e. The van der Waals surface area contributed by atoms with Gasteiger partial charge in [0.2, 0.25) is 0 Å². The summed E-state index contributed by atoms with van der Waals surface area (Å²) in [5, 5.41) is 27.1. The molecule has 0 unspecified atom stereocenters. The summed E-state index contributed by atoms with van der Waals surface area (Å²) in [6, 6.07) is 0. The highest BCUT2D eigenvalue weighted by atomic mass is 16.4. The maximum absolute atomic E-state index is 11.0. The summed E-state index contributed by atoms with van der Waals surface area (Å²) in [6.07, 6.45) is 18.4. The number of carboxylic acids is 3. The van der Waals surface area contributed by atoms with Gasteiger partial charge in [-0.15, -0.1) is 0 Å². The van der Waals surface area contributed by atoms with Gasteiger partial charge in [-0.3, -0.25) is 14.4 Å². The van der Waals surface area contributed by atoms with Gasteiger partial charge in [0.1, 0.15) is 0 Å². The van der Waals surface area contributed by atoms with E-state index in [4.69, 9.17) is 15.3 Å². The van der Waals surface area contributed by atoms with Crippen LogP contribution in [-0.2, 0) is 14.4 Å². The second kappa shape index (κ2) is 20.7. The summed E-state index contributed by atoms with van der Waals surface area (Å²) >= 11 is 0. The molecule has 0 aromatic rings. The summed E-state index contributed by atoms with van der Waals surface area (Å²) < 4.78 is 0.611. The van der Waals surface area contributed by atoms with Gasteiger partial charge in [-0.05, 0) is 19.3 Å². The molecule has 0 heterocycles. The number of carboxylic acid groups (broad SMARTS) is 3. The average Bonchev–Trinajstić information content (AvgIpc) is 2.73. The summed E-state index contributed by atoms with van der Waals surface area (Å²) in [5.74, 6) is -2.51. The Labute approximate surface area is 200 Å². The molecule has 0 amide bonds. The lowest BCUT2D eigenvalue weighted by Crippen LogP contribution is -2.51. The Balaban J connectivity index is 4.60. The first-order valence-corrected chi connectivity index (χ1v) is 13.0. The first kappa shape index (κ1) is 31.1. The summed E-state index contributed by atoms with van der Waals surface area (Å²) in [5.41, 5.74) is 0. The Kier molecular flexibility index (Phi) is 19.5. The number of hydrogen-bond donors (Lipinski definition) is 3. The minimum absolute atomic E-state index is 0.0796. The molecule has 0 atom stereocenters. The minimum Gasteiger partial charge on any atom is -0.481 e. The lowest BCUT2D eigenvalue weighted by atomic mass is 10.1. The Bertz CT molecular complexity index is 511. The molecule has 0 fully saturated rings. The highest BCUT2D eigenvalue weighted by Crippen LogP contribution is 2.17. The van der Waals surface area contributed by atoms with Crippen LogP contribution in [0.4, 0.5) is 0 Å². The highest BCUT2D eigenvalue weighted by molar-refractivity contribution is 5.67. The van der Waals surface area contributed by atoms with Gasteiger partial charge >= 0.3 is 17.9 Å². The third kappa shape index (κ3) is 20.4. The topological polar surface area (TPSA) is 112 Å². The number of carbonyl (C=O) groups is 3. The zero-order chi connectivity index (χ0) is 24.8. The second-order valence-electron chi connectivity index (χ2n) is 9.25. The predicted molar refractivity (Wildman–Crippen MR) is 131 cm³/mol. The van der Waals surface area contributed by atoms with Crippen molar-refractivity contribution in [2.45, 2.75) is 110 Å². The van der Waals surface area contributed by atoms with Crippen molar-refractivity contribution in [2.75, 3.05) is 26.2 Å². The average molecular weight is 471 g/mol. The number of allylic oxidation sites excluding steroid dienone is 2. The molecule has 0 saturated heterocycles. The van der Waals surface area contributed by atoms with Gasteiger partial charge in [0, 0.05) is 25.7 Å². The van der Waals surface area contributed by atoms with Crippen molar-refractivity contribution in [1.82, 2.24) is 0 Å². The summed E-state index contributed by atoms with van der Waals surface area (Å²) in [7, 11) is 0. The van der Waals surface area contributed by atoms with E-state index < -0.39 is 17.9 Å². The van der Waals surface area contributed by atoms with Crippen molar-refractivity contribution in [3.63, 3.8) is 0 Å². The van der Waals surface area contributed by atoms with Crippen LogP contribution in [0.2, 0.25) is 0 Å².